The van der Waals surface area contributed by atoms with Crippen molar-refractivity contribution in [1.29, 1.82) is 0 Å². The maximum atomic E-state index is 13.1. The highest BCUT2D eigenvalue weighted by molar-refractivity contribution is 6.31. The van der Waals surface area contributed by atoms with Gasteiger partial charge in [-0.3, -0.25) is 9.59 Å². The fourth-order valence-electron chi connectivity index (χ4n) is 3.14. The summed E-state index contributed by atoms with van der Waals surface area (Å²) in [6.07, 6.45) is 1.27. The molecule has 4 N–H and O–H groups in total. The summed E-state index contributed by atoms with van der Waals surface area (Å²) in [7, 11) is 0. The Morgan fingerprint density at radius 3 is 2.26 bits per heavy atom. The molecule has 0 spiro atoms. The summed E-state index contributed by atoms with van der Waals surface area (Å²) in [5.41, 5.74) is -0.489. The Hall–Kier alpha value is -3.74. The van der Waals surface area contributed by atoms with Crippen molar-refractivity contribution in [3.05, 3.63) is 70.2 Å². The predicted molar refractivity (Wildman–Crippen MR) is 96.0 cm³/mol. The van der Waals surface area contributed by atoms with E-state index in [2.05, 4.69) is 6.58 Å². The van der Waals surface area contributed by atoms with Gasteiger partial charge in [-0.15, -0.1) is 0 Å². The number of aryl methyl sites for hydroxylation is 1. The summed E-state index contributed by atoms with van der Waals surface area (Å²) in [4.78, 5) is 26.0. The van der Waals surface area contributed by atoms with E-state index in [4.69, 9.17) is 4.74 Å². The first-order valence-corrected chi connectivity index (χ1v) is 7.91. The number of allylic oxidation sites excluding steroid dienone is 1. The lowest BCUT2D eigenvalue weighted by Crippen LogP contribution is -2.23. The summed E-state index contributed by atoms with van der Waals surface area (Å²) in [5.74, 6) is -3.44. The second-order valence-corrected chi connectivity index (χ2v) is 6.04. The first kappa shape index (κ1) is 18.1. The summed E-state index contributed by atoms with van der Waals surface area (Å²) in [5, 5.41) is 39.6. The van der Waals surface area contributed by atoms with Gasteiger partial charge < -0.3 is 25.2 Å². The molecule has 0 atom stereocenters. The van der Waals surface area contributed by atoms with E-state index >= 15 is 0 Å². The Bertz CT molecular complexity index is 1060. The standard InChI is InChI=1S/C20H16O7/c1-4-14(24)27-9(3)15-8(2)5-12(22)17-18(15)19(25)11-6-10(21)7-13(23)16(11)20(17)26/h4-7,21-24H,3H2,1-2H3. The molecule has 7 heteroatoms. The predicted octanol–water partition coefficient (Wildman–Crippen LogP) is 3.29. The third kappa shape index (κ3) is 2.69. The van der Waals surface area contributed by atoms with Crippen molar-refractivity contribution in [1.82, 2.24) is 0 Å². The number of phenolic OH excluding ortho intramolecular Hbond substituents is 3. The maximum Gasteiger partial charge on any atom is 0.277 e. The zero-order valence-electron chi connectivity index (χ0n) is 14.5. The third-order valence-electron chi connectivity index (χ3n) is 4.29. The van der Waals surface area contributed by atoms with Crippen LogP contribution in [-0.4, -0.2) is 32.0 Å². The molecule has 0 fully saturated rings. The van der Waals surface area contributed by atoms with E-state index in [1.54, 1.807) is 6.92 Å². The number of fused-ring (bicyclic) bond motifs is 2. The van der Waals surface area contributed by atoms with E-state index in [0.717, 1.165) is 12.1 Å². The van der Waals surface area contributed by atoms with Gasteiger partial charge in [0.15, 0.2) is 5.78 Å². The first-order chi connectivity index (χ1) is 12.7. The van der Waals surface area contributed by atoms with Crippen LogP contribution in [-0.2, 0) is 4.74 Å². The number of hydrogen-bond donors (Lipinski definition) is 4. The smallest absolute Gasteiger partial charge is 0.277 e. The van der Waals surface area contributed by atoms with E-state index in [-0.39, 0.29) is 33.6 Å². The molecule has 0 bridgehead atoms. The Labute approximate surface area is 154 Å². The van der Waals surface area contributed by atoms with Gasteiger partial charge in [-0.1, -0.05) is 6.58 Å². The number of rotatable bonds is 3. The number of ketones is 2. The lowest BCUT2D eigenvalue weighted by molar-refractivity contribution is 0.0973. The Balaban J connectivity index is 2.34. The summed E-state index contributed by atoms with van der Waals surface area (Å²) in [6, 6.07) is 3.27. The Kier molecular flexibility index (Phi) is 4.15. The lowest BCUT2D eigenvalue weighted by atomic mass is 9.79. The second kappa shape index (κ2) is 6.21. The summed E-state index contributed by atoms with van der Waals surface area (Å²) in [6.45, 7) is 6.79. The average molecular weight is 368 g/mol. The first-order valence-electron chi connectivity index (χ1n) is 7.91. The molecular weight excluding hydrogens is 352 g/mol. The molecule has 2 aromatic carbocycles. The molecule has 1 aliphatic rings. The molecule has 0 amide bonds. The van der Waals surface area contributed by atoms with E-state index in [1.807, 2.05) is 0 Å². The van der Waals surface area contributed by atoms with Crippen LogP contribution in [0, 0.1) is 6.92 Å². The summed E-state index contributed by atoms with van der Waals surface area (Å²) < 4.78 is 5.17. The van der Waals surface area contributed by atoms with Gasteiger partial charge in [0.25, 0.3) is 5.95 Å². The molecule has 0 saturated heterocycles. The fourth-order valence-corrected chi connectivity index (χ4v) is 3.14. The van der Waals surface area contributed by atoms with Crippen molar-refractivity contribution >= 4 is 17.3 Å². The quantitative estimate of drug-likeness (QED) is 0.523. The Morgan fingerprint density at radius 2 is 1.63 bits per heavy atom. The molecule has 0 aliphatic heterocycles. The molecule has 0 saturated carbocycles. The summed E-state index contributed by atoms with van der Waals surface area (Å²) >= 11 is 0. The van der Waals surface area contributed by atoms with E-state index < -0.39 is 34.8 Å². The highest BCUT2D eigenvalue weighted by atomic mass is 16.6. The zero-order chi connectivity index (χ0) is 20.0. The van der Waals surface area contributed by atoms with Crippen LogP contribution in [0.25, 0.3) is 5.76 Å². The van der Waals surface area contributed by atoms with E-state index in [1.165, 1.54) is 19.1 Å². The number of aliphatic hydroxyl groups is 1. The number of hydrogen-bond acceptors (Lipinski definition) is 7. The van der Waals surface area contributed by atoms with Gasteiger partial charge in [0.1, 0.15) is 23.0 Å². The highest BCUT2D eigenvalue weighted by Gasteiger charge is 2.38. The van der Waals surface area contributed by atoms with Crippen LogP contribution in [0.15, 0.2) is 36.8 Å². The van der Waals surface area contributed by atoms with Crippen LogP contribution < -0.4 is 0 Å². The molecule has 138 valence electrons. The molecule has 1 aliphatic carbocycles. The van der Waals surface area contributed by atoms with Gasteiger partial charge in [0, 0.05) is 22.8 Å². The molecule has 27 heavy (non-hydrogen) atoms. The lowest BCUT2D eigenvalue weighted by Gasteiger charge is -2.24. The van der Waals surface area contributed by atoms with Crippen molar-refractivity contribution in [2.45, 2.75) is 13.8 Å². The van der Waals surface area contributed by atoms with Crippen molar-refractivity contribution in [3.63, 3.8) is 0 Å². The monoisotopic (exact) mass is 368 g/mol. The number of aromatic hydroxyl groups is 3. The van der Waals surface area contributed by atoms with Crippen LogP contribution in [0.2, 0.25) is 0 Å². The number of phenols is 3. The van der Waals surface area contributed by atoms with E-state index in [9.17, 15) is 30.0 Å². The topological polar surface area (TPSA) is 124 Å². The molecule has 0 heterocycles. The van der Waals surface area contributed by atoms with Gasteiger partial charge >= 0.3 is 0 Å². The minimum atomic E-state index is -0.779. The van der Waals surface area contributed by atoms with Crippen molar-refractivity contribution < 1.29 is 34.8 Å². The zero-order valence-corrected chi connectivity index (χ0v) is 14.5. The molecule has 3 rings (SSSR count). The Morgan fingerprint density at radius 1 is 1.00 bits per heavy atom. The van der Waals surface area contributed by atoms with Crippen molar-refractivity contribution in [2.75, 3.05) is 0 Å². The number of carbonyl (C=O) groups is 2. The molecule has 0 unspecified atom stereocenters. The van der Waals surface area contributed by atoms with Crippen LogP contribution >= 0.6 is 0 Å². The van der Waals surface area contributed by atoms with Crippen LogP contribution in [0.1, 0.15) is 49.9 Å². The largest absolute Gasteiger partial charge is 0.508 e. The number of aliphatic hydroxyl groups excluding tert-OH is 1. The molecule has 0 aromatic heterocycles. The normalized spacial score (nSPS) is 13.2. The van der Waals surface area contributed by atoms with Gasteiger partial charge in [-0.2, -0.15) is 0 Å². The molecule has 2 aromatic rings. The second-order valence-electron chi connectivity index (χ2n) is 6.04. The minimum absolute atomic E-state index is 0.103. The number of benzene rings is 2. The number of ether oxygens (including phenoxy) is 1. The van der Waals surface area contributed by atoms with Gasteiger partial charge in [0.2, 0.25) is 5.78 Å². The highest BCUT2D eigenvalue weighted by Crippen LogP contribution is 2.42. The molecular formula is C20H16O7. The van der Waals surface area contributed by atoms with Crippen molar-refractivity contribution in [2.24, 2.45) is 0 Å². The van der Waals surface area contributed by atoms with Crippen LogP contribution in [0.4, 0.5) is 0 Å². The van der Waals surface area contributed by atoms with Crippen LogP contribution in [0.3, 0.4) is 0 Å². The molecule has 7 nitrogen and oxygen atoms in total. The SMILES string of the molecule is C=C(OC(O)=CC)c1c(C)cc(O)c2c1C(=O)c1cc(O)cc(O)c1C2=O. The number of carbonyl (C=O) groups excluding carboxylic acids is 2. The maximum absolute atomic E-state index is 13.1. The third-order valence-corrected chi connectivity index (χ3v) is 4.29. The van der Waals surface area contributed by atoms with Crippen molar-refractivity contribution in [3.8, 4) is 17.2 Å². The minimum Gasteiger partial charge on any atom is -0.508 e. The van der Waals surface area contributed by atoms with Gasteiger partial charge in [-0.05, 0) is 37.6 Å². The average Bonchev–Trinajstić information content (AvgIpc) is 2.57. The van der Waals surface area contributed by atoms with Crippen LogP contribution in [0.5, 0.6) is 17.2 Å². The van der Waals surface area contributed by atoms with E-state index in [0.29, 0.717) is 5.56 Å². The van der Waals surface area contributed by atoms with Gasteiger partial charge in [0.05, 0.1) is 11.1 Å². The molecule has 0 radical (unpaired) electrons. The van der Waals surface area contributed by atoms with Gasteiger partial charge in [-0.25, -0.2) is 0 Å². The fraction of sp³-hybridized carbons (Fsp3) is 0.100.